The number of anilines is 1. The van der Waals surface area contributed by atoms with Crippen molar-refractivity contribution in [3.63, 3.8) is 0 Å². The normalized spacial score (nSPS) is 13.0. The molecule has 0 radical (unpaired) electrons. The van der Waals surface area contributed by atoms with E-state index < -0.39 is 0 Å². The minimum absolute atomic E-state index is 0.0125. The third-order valence-electron chi connectivity index (χ3n) is 3.52. The average molecular weight is 328 g/mol. The van der Waals surface area contributed by atoms with Crippen LogP contribution in [0.4, 0.5) is 5.69 Å². The summed E-state index contributed by atoms with van der Waals surface area (Å²) in [7, 11) is 0. The first-order chi connectivity index (χ1) is 11.0. The van der Waals surface area contributed by atoms with Crippen LogP contribution in [0.1, 0.15) is 31.0 Å². The summed E-state index contributed by atoms with van der Waals surface area (Å²) in [5.74, 6) is -0.152. The van der Waals surface area contributed by atoms with Gasteiger partial charge in [-0.15, -0.1) is 0 Å². The van der Waals surface area contributed by atoms with Gasteiger partial charge in [-0.1, -0.05) is 29.8 Å². The van der Waals surface area contributed by atoms with Gasteiger partial charge in [0.25, 0.3) is 0 Å². The van der Waals surface area contributed by atoms with E-state index in [0.29, 0.717) is 16.3 Å². The third-order valence-corrected chi connectivity index (χ3v) is 3.77. The fraction of sp³-hybridized carbons (Fsp3) is 0.222. The molecule has 0 spiro atoms. The molecule has 5 heteroatoms. The zero-order valence-corrected chi connectivity index (χ0v) is 13.8. The molecule has 0 aliphatic carbocycles. The molecule has 0 saturated heterocycles. The maximum atomic E-state index is 12.3. The third kappa shape index (κ3) is 4.82. The van der Waals surface area contributed by atoms with Crippen molar-refractivity contribution in [1.29, 1.82) is 5.26 Å². The maximum absolute atomic E-state index is 12.3. The smallest absolute Gasteiger partial charge is 0.241 e. The number of carbonyl (C=O) groups excluding carboxylic acids is 1. The molecule has 2 N–H and O–H groups in total. The molecule has 0 saturated carbocycles. The second-order valence-corrected chi connectivity index (χ2v) is 5.78. The van der Waals surface area contributed by atoms with Gasteiger partial charge in [0.15, 0.2) is 0 Å². The number of amides is 1. The molecule has 0 unspecified atom stereocenters. The van der Waals surface area contributed by atoms with Gasteiger partial charge in [0.05, 0.1) is 17.7 Å². The molecular weight excluding hydrogens is 310 g/mol. The number of carbonyl (C=O) groups is 1. The van der Waals surface area contributed by atoms with E-state index in [-0.39, 0.29) is 18.0 Å². The largest absolute Gasteiger partial charge is 0.325 e. The lowest BCUT2D eigenvalue weighted by atomic mass is 10.1. The van der Waals surface area contributed by atoms with Crippen LogP contribution in [0.15, 0.2) is 48.5 Å². The zero-order valence-electron chi connectivity index (χ0n) is 13.0. The van der Waals surface area contributed by atoms with Crippen molar-refractivity contribution in [2.45, 2.75) is 25.9 Å². The monoisotopic (exact) mass is 327 g/mol. The van der Waals surface area contributed by atoms with Gasteiger partial charge in [-0.2, -0.15) is 5.26 Å². The van der Waals surface area contributed by atoms with Gasteiger partial charge in [-0.25, -0.2) is 0 Å². The Morgan fingerprint density at radius 3 is 2.52 bits per heavy atom. The summed E-state index contributed by atoms with van der Waals surface area (Å²) in [6.45, 7) is 3.79. The predicted octanol–water partition coefficient (Wildman–Crippen LogP) is 3.89. The average Bonchev–Trinajstić information content (AvgIpc) is 2.55. The molecule has 2 atom stereocenters. The summed E-state index contributed by atoms with van der Waals surface area (Å²) >= 11 is 5.88. The molecule has 0 heterocycles. The molecule has 0 aromatic heterocycles. The van der Waals surface area contributed by atoms with Crippen LogP contribution in [0.25, 0.3) is 0 Å². The lowest BCUT2D eigenvalue weighted by molar-refractivity contribution is -0.117. The first-order valence-corrected chi connectivity index (χ1v) is 7.70. The van der Waals surface area contributed by atoms with Gasteiger partial charge in [0, 0.05) is 16.8 Å². The van der Waals surface area contributed by atoms with Crippen molar-refractivity contribution in [3.8, 4) is 6.07 Å². The van der Waals surface area contributed by atoms with Gasteiger partial charge in [0.2, 0.25) is 5.91 Å². The first kappa shape index (κ1) is 17.0. The standard InChI is InChI=1S/C18H18ClN3O/c1-12(15-6-8-16(19)9-7-15)21-13(2)18(23)22-17-5-3-4-14(10-17)11-20/h3-10,12-13,21H,1-2H3,(H,22,23)/t12-,13+/m0/s1. The number of nitriles is 1. The van der Waals surface area contributed by atoms with Crippen LogP contribution in [0, 0.1) is 11.3 Å². The van der Waals surface area contributed by atoms with Gasteiger partial charge < -0.3 is 5.32 Å². The number of hydrogen-bond acceptors (Lipinski definition) is 3. The van der Waals surface area contributed by atoms with Gasteiger partial charge in [-0.3, -0.25) is 10.1 Å². The van der Waals surface area contributed by atoms with Gasteiger partial charge in [-0.05, 0) is 49.7 Å². The van der Waals surface area contributed by atoms with Crippen molar-refractivity contribution < 1.29 is 4.79 Å². The lowest BCUT2D eigenvalue weighted by Gasteiger charge is -2.20. The highest BCUT2D eigenvalue weighted by Gasteiger charge is 2.16. The zero-order chi connectivity index (χ0) is 16.8. The molecule has 2 aromatic rings. The molecule has 0 aliphatic rings. The number of benzene rings is 2. The minimum Gasteiger partial charge on any atom is -0.325 e. The van der Waals surface area contributed by atoms with Crippen LogP contribution < -0.4 is 10.6 Å². The van der Waals surface area contributed by atoms with E-state index in [1.807, 2.05) is 31.2 Å². The number of nitrogens with zero attached hydrogens (tertiary/aromatic N) is 1. The SMILES string of the molecule is C[C@H](N[C@H](C)C(=O)Nc1cccc(C#N)c1)c1ccc(Cl)cc1. The summed E-state index contributed by atoms with van der Waals surface area (Å²) in [6.07, 6.45) is 0. The van der Waals surface area contributed by atoms with Crippen LogP contribution in [-0.2, 0) is 4.79 Å². The Hall–Kier alpha value is -2.35. The van der Waals surface area contributed by atoms with Crippen LogP contribution in [0.2, 0.25) is 5.02 Å². The van der Waals surface area contributed by atoms with Crippen molar-refractivity contribution in [2.75, 3.05) is 5.32 Å². The highest BCUT2D eigenvalue weighted by atomic mass is 35.5. The van der Waals surface area contributed by atoms with Crippen LogP contribution >= 0.6 is 11.6 Å². The Labute approximate surface area is 141 Å². The summed E-state index contributed by atoms with van der Waals surface area (Å²) in [5.41, 5.74) is 2.18. The lowest BCUT2D eigenvalue weighted by Crippen LogP contribution is -2.39. The fourth-order valence-electron chi connectivity index (χ4n) is 2.22. The summed E-state index contributed by atoms with van der Waals surface area (Å²) in [6, 6.07) is 16.0. The number of halogens is 1. The summed E-state index contributed by atoms with van der Waals surface area (Å²) < 4.78 is 0. The fourth-order valence-corrected chi connectivity index (χ4v) is 2.34. The number of hydrogen-bond donors (Lipinski definition) is 2. The molecule has 118 valence electrons. The molecule has 23 heavy (non-hydrogen) atoms. The topological polar surface area (TPSA) is 64.9 Å². The van der Waals surface area contributed by atoms with Gasteiger partial charge in [0.1, 0.15) is 0 Å². The molecule has 1 amide bonds. The molecule has 2 aromatic carbocycles. The van der Waals surface area contributed by atoms with Crippen LogP contribution in [-0.4, -0.2) is 11.9 Å². The summed E-state index contributed by atoms with van der Waals surface area (Å²) in [4.78, 5) is 12.3. The van der Waals surface area contributed by atoms with E-state index in [2.05, 4.69) is 16.7 Å². The Kier molecular flexibility index (Phi) is 5.75. The number of nitrogens with one attached hydrogen (secondary N) is 2. The minimum atomic E-state index is -0.383. The van der Waals surface area contributed by atoms with Crippen molar-refractivity contribution in [3.05, 3.63) is 64.7 Å². The van der Waals surface area contributed by atoms with E-state index in [1.54, 1.807) is 31.2 Å². The van der Waals surface area contributed by atoms with Crippen LogP contribution in [0.5, 0.6) is 0 Å². The summed E-state index contributed by atoms with van der Waals surface area (Å²) in [5, 5.41) is 15.6. The molecule has 0 fully saturated rings. The quantitative estimate of drug-likeness (QED) is 0.875. The Bertz CT molecular complexity index is 722. The number of rotatable bonds is 5. The van der Waals surface area contributed by atoms with E-state index >= 15 is 0 Å². The van der Waals surface area contributed by atoms with Crippen molar-refractivity contribution >= 4 is 23.2 Å². The van der Waals surface area contributed by atoms with Gasteiger partial charge >= 0.3 is 0 Å². The predicted molar refractivity (Wildman–Crippen MR) is 92.3 cm³/mol. The highest BCUT2D eigenvalue weighted by Crippen LogP contribution is 2.17. The Balaban J connectivity index is 1.96. The van der Waals surface area contributed by atoms with Crippen LogP contribution in [0.3, 0.4) is 0 Å². The molecule has 2 rings (SSSR count). The van der Waals surface area contributed by atoms with E-state index in [0.717, 1.165) is 5.56 Å². The second kappa shape index (κ2) is 7.77. The van der Waals surface area contributed by atoms with E-state index in [1.165, 1.54) is 0 Å². The molecular formula is C18H18ClN3O. The molecule has 4 nitrogen and oxygen atoms in total. The second-order valence-electron chi connectivity index (χ2n) is 5.34. The highest BCUT2D eigenvalue weighted by molar-refractivity contribution is 6.30. The van der Waals surface area contributed by atoms with E-state index in [9.17, 15) is 4.79 Å². The van der Waals surface area contributed by atoms with Crippen molar-refractivity contribution in [1.82, 2.24) is 5.32 Å². The first-order valence-electron chi connectivity index (χ1n) is 7.32. The Morgan fingerprint density at radius 2 is 1.87 bits per heavy atom. The Morgan fingerprint density at radius 1 is 1.17 bits per heavy atom. The van der Waals surface area contributed by atoms with Crippen molar-refractivity contribution in [2.24, 2.45) is 0 Å². The molecule has 0 aliphatic heterocycles. The molecule has 0 bridgehead atoms. The van der Waals surface area contributed by atoms with E-state index in [4.69, 9.17) is 16.9 Å². The maximum Gasteiger partial charge on any atom is 0.241 e.